The van der Waals surface area contributed by atoms with Crippen LogP contribution in [0.15, 0.2) is 30.3 Å². The van der Waals surface area contributed by atoms with E-state index >= 15 is 0 Å². The van der Waals surface area contributed by atoms with Crippen molar-refractivity contribution in [3.8, 4) is 0 Å². The standard InChI is InChI=1S/C17H22N4O2S/c1-24(22,23)20-6-7-21-17(12-20)10-16(19-21)11-18-15-8-13-4-2-3-5-14(13)9-15/h2-5,10,15,18H,6-9,11-12H2,1H3. The van der Waals surface area contributed by atoms with E-state index < -0.39 is 10.0 Å². The second kappa shape index (κ2) is 5.98. The van der Waals surface area contributed by atoms with Crippen molar-refractivity contribution in [2.75, 3.05) is 12.8 Å². The first-order valence-corrected chi connectivity index (χ1v) is 10.1. The van der Waals surface area contributed by atoms with Gasteiger partial charge in [-0.15, -0.1) is 0 Å². The van der Waals surface area contributed by atoms with Gasteiger partial charge in [0, 0.05) is 19.1 Å². The minimum absolute atomic E-state index is 0.417. The summed E-state index contributed by atoms with van der Waals surface area (Å²) in [5.41, 5.74) is 4.82. The minimum atomic E-state index is -3.14. The summed E-state index contributed by atoms with van der Waals surface area (Å²) < 4.78 is 26.8. The number of benzene rings is 1. The summed E-state index contributed by atoms with van der Waals surface area (Å²) in [7, 11) is -3.14. The molecule has 0 atom stereocenters. The lowest BCUT2D eigenvalue weighted by Crippen LogP contribution is -2.37. The molecular weight excluding hydrogens is 324 g/mol. The van der Waals surface area contributed by atoms with Crippen LogP contribution in [-0.2, 0) is 42.5 Å². The molecule has 2 heterocycles. The van der Waals surface area contributed by atoms with E-state index in [1.807, 2.05) is 10.7 Å². The highest BCUT2D eigenvalue weighted by Crippen LogP contribution is 2.22. The lowest BCUT2D eigenvalue weighted by molar-refractivity contribution is 0.328. The lowest BCUT2D eigenvalue weighted by Gasteiger charge is -2.25. The SMILES string of the molecule is CS(=O)(=O)N1CCn2nc(CNC3Cc4ccccc4C3)cc2C1. The molecule has 128 valence electrons. The lowest BCUT2D eigenvalue weighted by atomic mass is 10.1. The van der Waals surface area contributed by atoms with Gasteiger partial charge in [0.1, 0.15) is 0 Å². The Hall–Kier alpha value is -1.70. The third kappa shape index (κ3) is 3.11. The maximum atomic E-state index is 11.7. The molecule has 2 aromatic rings. The van der Waals surface area contributed by atoms with E-state index in [1.54, 1.807) is 0 Å². The van der Waals surface area contributed by atoms with Crippen molar-refractivity contribution < 1.29 is 8.42 Å². The van der Waals surface area contributed by atoms with Crippen LogP contribution in [0.4, 0.5) is 0 Å². The van der Waals surface area contributed by atoms with E-state index in [-0.39, 0.29) is 0 Å². The molecule has 6 nitrogen and oxygen atoms in total. The smallest absolute Gasteiger partial charge is 0.211 e. The van der Waals surface area contributed by atoms with E-state index in [0.717, 1.165) is 30.8 Å². The van der Waals surface area contributed by atoms with Crippen LogP contribution < -0.4 is 5.32 Å². The molecular formula is C17H22N4O2S. The fraction of sp³-hybridized carbons (Fsp3) is 0.471. The van der Waals surface area contributed by atoms with Gasteiger partial charge in [-0.2, -0.15) is 9.40 Å². The third-order valence-corrected chi connectivity index (χ3v) is 6.16. The van der Waals surface area contributed by atoms with Gasteiger partial charge in [-0.3, -0.25) is 4.68 Å². The summed E-state index contributed by atoms with van der Waals surface area (Å²) >= 11 is 0. The molecule has 1 aliphatic carbocycles. The Morgan fingerprint density at radius 2 is 1.92 bits per heavy atom. The van der Waals surface area contributed by atoms with Crippen LogP contribution in [0.3, 0.4) is 0 Å². The van der Waals surface area contributed by atoms with Crippen molar-refractivity contribution in [2.24, 2.45) is 0 Å². The largest absolute Gasteiger partial charge is 0.308 e. The number of sulfonamides is 1. The molecule has 2 aliphatic rings. The van der Waals surface area contributed by atoms with Crippen molar-refractivity contribution in [2.45, 2.75) is 38.5 Å². The first kappa shape index (κ1) is 15.8. The molecule has 1 aromatic carbocycles. The molecule has 0 saturated carbocycles. The van der Waals surface area contributed by atoms with Gasteiger partial charge in [0.05, 0.1) is 30.7 Å². The van der Waals surface area contributed by atoms with Crippen LogP contribution >= 0.6 is 0 Å². The molecule has 7 heteroatoms. The summed E-state index contributed by atoms with van der Waals surface area (Å²) in [4.78, 5) is 0. The topological polar surface area (TPSA) is 67.2 Å². The Bertz CT molecular complexity index is 834. The van der Waals surface area contributed by atoms with Crippen LogP contribution in [0.5, 0.6) is 0 Å². The van der Waals surface area contributed by atoms with Crippen molar-refractivity contribution in [1.82, 2.24) is 19.4 Å². The molecule has 0 saturated heterocycles. The molecule has 0 fully saturated rings. The maximum Gasteiger partial charge on any atom is 0.211 e. The number of nitrogens with zero attached hydrogens (tertiary/aromatic N) is 3. The quantitative estimate of drug-likeness (QED) is 0.894. The highest BCUT2D eigenvalue weighted by Gasteiger charge is 2.25. The maximum absolute atomic E-state index is 11.7. The molecule has 0 amide bonds. The molecule has 1 aliphatic heterocycles. The van der Waals surface area contributed by atoms with Crippen LogP contribution in [0.25, 0.3) is 0 Å². The van der Waals surface area contributed by atoms with Crippen LogP contribution in [0, 0.1) is 0 Å². The summed E-state index contributed by atoms with van der Waals surface area (Å²) in [6, 6.07) is 11.1. The normalized spacial score (nSPS) is 18.5. The zero-order valence-electron chi connectivity index (χ0n) is 13.8. The van der Waals surface area contributed by atoms with Gasteiger partial charge in [0.15, 0.2) is 0 Å². The van der Waals surface area contributed by atoms with Crippen LogP contribution in [0.2, 0.25) is 0 Å². The highest BCUT2D eigenvalue weighted by atomic mass is 32.2. The summed E-state index contributed by atoms with van der Waals surface area (Å²) in [6.07, 6.45) is 3.39. The van der Waals surface area contributed by atoms with Crippen molar-refractivity contribution in [3.63, 3.8) is 0 Å². The van der Waals surface area contributed by atoms with Gasteiger partial charge in [-0.05, 0) is 30.0 Å². The summed E-state index contributed by atoms with van der Waals surface area (Å²) in [5, 5.41) is 8.20. The Balaban J connectivity index is 1.39. The third-order valence-electron chi connectivity index (χ3n) is 4.91. The fourth-order valence-corrected chi connectivity index (χ4v) is 4.40. The number of hydrogen-bond acceptors (Lipinski definition) is 4. The average molecular weight is 346 g/mol. The van der Waals surface area contributed by atoms with Gasteiger partial charge in [-0.1, -0.05) is 24.3 Å². The average Bonchev–Trinajstić information content (AvgIpc) is 3.14. The predicted octanol–water partition coefficient (Wildman–Crippen LogP) is 0.915. The Morgan fingerprint density at radius 1 is 1.21 bits per heavy atom. The van der Waals surface area contributed by atoms with E-state index in [0.29, 0.717) is 25.7 Å². The monoisotopic (exact) mass is 346 g/mol. The molecule has 0 radical (unpaired) electrons. The van der Waals surface area contributed by atoms with Gasteiger partial charge in [0.2, 0.25) is 10.0 Å². The zero-order valence-corrected chi connectivity index (χ0v) is 14.6. The predicted molar refractivity (Wildman–Crippen MR) is 92.0 cm³/mol. The van der Waals surface area contributed by atoms with Gasteiger partial charge in [0.25, 0.3) is 0 Å². The fourth-order valence-electron chi connectivity index (χ4n) is 3.62. The Labute approximate surface area is 142 Å². The first-order valence-electron chi connectivity index (χ1n) is 8.30. The van der Waals surface area contributed by atoms with E-state index in [9.17, 15) is 8.42 Å². The second-order valence-corrected chi connectivity index (χ2v) is 8.68. The highest BCUT2D eigenvalue weighted by molar-refractivity contribution is 7.88. The molecule has 0 spiro atoms. The number of hydrogen-bond donors (Lipinski definition) is 1. The Kier molecular flexibility index (Phi) is 3.94. The number of fused-ring (bicyclic) bond motifs is 2. The van der Waals surface area contributed by atoms with E-state index in [4.69, 9.17) is 0 Å². The van der Waals surface area contributed by atoms with Crippen LogP contribution in [-0.4, -0.2) is 41.3 Å². The molecule has 4 rings (SSSR count). The molecule has 1 aromatic heterocycles. The number of rotatable bonds is 4. The molecule has 1 N–H and O–H groups in total. The Morgan fingerprint density at radius 3 is 2.58 bits per heavy atom. The number of nitrogens with one attached hydrogen (secondary N) is 1. The molecule has 24 heavy (non-hydrogen) atoms. The van der Waals surface area contributed by atoms with Gasteiger partial charge < -0.3 is 5.32 Å². The first-order chi connectivity index (χ1) is 11.5. The summed E-state index contributed by atoms with van der Waals surface area (Å²) in [5.74, 6) is 0. The van der Waals surface area contributed by atoms with Crippen LogP contribution in [0.1, 0.15) is 22.5 Å². The van der Waals surface area contributed by atoms with Crippen molar-refractivity contribution in [3.05, 3.63) is 52.8 Å². The van der Waals surface area contributed by atoms with Crippen molar-refractivity contribution >= 4 is 10.0 Å². The molecule has 0 bridgehead atoms. The van der Waals surface area contributed by atoms with Gasteiger partial charge in [-0.25, -0.2) is 8.42 Å². The zero-order chi connectivity index (χ0) is 16.7. The number of aromatic nitrogens is 2. The van der Waals surface area contributed by atoms with Crippen molar-refractivity contribution in [1.29, 1.82) is 0 Å². The van der Waals surface area contributed by atoms with Gasteiger partial charge >= 0.3 is 0 Å². The van der Waals surface area contributed by atoms with E-state index in [1.165, 1.54) is 21.7 Å². The molecule has 0 unspecified atom stereocenters. The summed E-state index contributed by atoms with van der Waals surface area (Å²) in [6.45, 7) is 2.26. The second-order valence-electron chi connectivity index (χ2n) is 6.70. The minimum Gasteiger partial charge on any atom is -0.308 e. The van der Waals surface area contributed by atoms with E-state index in [2.05, 4.69) is 34.7 Å².